The van der Waals surface area contributed by atoms with Gasteiger partial charge in [0.25, 0.3) is 5.88 Å². The number of hydrogen-bond donors (Lipinski definition) is 2. The third-order valence-corrected chi connectivity index (χ3v) is 7.25. The number of benzene rings is 1. The van der Waals surface area contributed by atoms with E-state index in [1.165, 1.54) is 24.9 Å². The van der Waals surface area contributed by atoms with Crippen LogP contribution in [-0.2, 0) is 10.3 Å². The summed E-state index contributed by atoms with van der Waals surface area (Å²) in [6, 6.07) is 5.03. The minimum absolute atomic E-state index is 0.138. The third-order valence-electron chi connectivity index (χ3n) is 6.22. The van der Waals surface area contributed by atoms with Crippen molar-refractivity contribution in [1.29, 1.82) is 0 Å². The number of carbonyl (C=O) groups excluding carboxylic acids is 1. The van der Waals surface area contributed by atoms with Gasteiger partial charge in [-0.1, -0.05) is 11.8 Å². The van der Waals surface area contributed by atoms with Crippen LogP contribution in [0.25, 0.3) is 0 Å². The first-order chi connectivity index (χ1) is 17.8. The van der Waals surface area contributed by atoms with Crippen LogP contribution in [0, 0.1) is 24.5 Å². The highest BCUT2D eigenvalue weighted by atomic mass is 32.2. The molecule has 9 nitrogen and oxygen atoms in total. The number of anilines is 2. The Morgan fingerprint density at radius 3 is 2.66 bits per heavy atom. The van der Waals surface area contributed by atoms with Gasteiger partial charge in [0.05, 0.1) is 19.3 Å². The van der Waals surface area contributed by atoms with Crippen molar-refractivity contribution < 1.29 is 23.0 Å². The first-order valence-electron chi connectivity index (χ1n) is 12.4. The average molecular weight is 549 g/mol. The monoisotopic (exact) mass is 548 g/mol. The largest absolute Gasteiger partial charge is 0.479 e. The van der Waals surface area contributed by atoms with Crippen molar-refractivity contribution in [2.24, 2.45) is 10.9 Å². The van der Waals surface area contributed by atoms with Crippen molar-refractivity contribution in [3.05, 3.63) is 41.1 Å². The quantitative estimate of drug-likeness (QED) is 0.547. The zero-order valence-electron chi connectivity index (χ0n) is 22.7. The predicted molar refractivity (Wildman–Crippen MR) is 145 cm³/mol. The van der Waals surface area contributed by atoms with Crippen molar-refractivity contribution in [2.45, 2.75) is 58.7 Å². The lowest BCUT2D eigenvalue weighted by Gasteiger charge is -2.36. The van der Waals surface area contributed by atoms with Crippen LogP contribution in [0.15, 0.2) is 23.2 Å². The van der Waals surface area contributed by atoms with Gasteiger partial charge in [0.1, 0.15) is 17.0 Å². The Hall–Kier alpha value is -3.15. The summed E-state index contributed by atoms with van der Waals surface area (Å²) >= 11 is 1.37. The maximum Gasteiger partial charge on any atom is 0.413 e. The number of amides is 1. The Labute approximate surface area is 225 Å². The van der Waals surface area contributed by atoms with Gasteiger partial charge in [0.2, 0.25) is 11.8 Å². The summed E-state index contributed by atoms with van der Waals surface area (Å²) in [4.78, 5) is 28.0. The van der Waals surface area contributed by atoms with Gasteiger partial charge in [-0.2, -0.15) is 9.37 Å². The van der Waals surface area contributed by atoms with E-state index in [0.717, 1.165) is 5.69 Å². The van der Waals surface area contributed by atoms with E-state index in [1.54, 1.807) is 39.8 Å². The summed E-state index contributed by atoms with van der Waals surface area (Å²) in [6.07, 6.45) is -0.634. The number of alkyl carbamates (subject to hydrolysis) is 1. The van der Waals surface area contributed by atoms with Crippen LogP contribution in [0.1, 0.15) is 45.9 Å². The van der Waals surface area contributed by atoms with E-state index in [-0.39, 0.29) is 36.0 Å². The number of aliphatic imine (C=N–C) groups is 1. The van der Waals surface area contributed by atoms with Crippen molar-refractivity contribution >= 4 is 34.7 Å². The summed E-state index contributed by atoms with van der Waals surface area (Å²) in [5, 5.41) is 6.40. The summed E-state index contributed by atoms with van der Waals surface area (Å²) < 4.78 is 40.5. The molecule has 0 radical (unpaired) electrons. The maximum atomic E-state index is 15.6. The lowest BCUT2D eigenvalue weighted by atomic mass is 9.81. The van der Waals surface area contributed by atoms with E-state index >= 15 is 4.39 Å². The molecule has 2 N–H and O–H groups in total. The molecule has 12 heteroatoms. The topological polar surface area (TPSA) is 101 Å². The van der Waals surface area contributed by atoms with Crippen LogP contribution in [0.5, 0.6) is 5.88 Å². The summed E-state index contributed by atoms with van der Waals surface area (Å²) in [6.45, 7) is 11.5. The fourth-order valence-corrected chi connectivity index (χ4v) is 5.78. The molecule has 0 aliphatic carbocycles. The Balaban J connectivity index is 1.79. The first-order valence-corrected chi connectivity index (χ1v) is 13.4. The number of nitrogens with one attached hydrogen (secondary N) is 2. The molecule has 1 fully saturated rings. The SMILES string of the molecule is COc1nc(N2CC3CSC(NC(=O)OC(C)(C)C)=NC3(c3cc(NC(C)C)ccc3F)C2)nc(C)c1F. The van der Waals surface area contributed by atoms with Crippen LogP contribution in [0.2, 0.25) is 0 Å². The maximum absolute atomic E-state index is 15.6. The highest BCUT2D eigenvalue weighted by Gasteiger charge is 2.52. The van der Waals surface area contributed by atoms with Gasteiger partial charge < -0.3 is 19.7 Å². The van der Waals surface area contributed by atoms with Crippen molar-refractivity contribution in [3.8, 4) is 5.88 Å². The van der Waals surface area contributed by atoms with Gasteiger partial charge in [-0.15, -0.1) is 0 Å². The van der Waals surface area contributed by atoms with Crippen LogP contribution < -0.4 is 20.3 Å². The number of thioether (sulfide) groups is 1. The highest BCUT2D eigenvalue weighted by Crippen LogP contribution is 2.48. The van der Waals surface area contributed by atoms with Crippen LogP contribution in [0.4, 0.5) is 25.2 Å². The number of hydrogen-bond acceptors (Lipinski definition) is 9. The zero-order chi connectivity index (χ0) is 27.8. The number of nitrogens with zero attached hydrogens (tertiary/aromatic N) is 4. The van der Waals surface area contributed by atoms with Crippen LogP contribution >= 0.6 is 11.8 Å². The van der Waals surface area contributed by atoms with Crippen molar-refractivity contribution in [3.63, 3.8) is 0 Å². The number of amidine groups is 1. The Kier molecular flexibility index (Phi) is 7.74. The van der Waals surface area contributed by atoms with E-state index in [2.05, 4.69) is 20.6 Å². The van der Waals surface area contributed by atoms with Gasteiger partial charge in [-0.05, 0) is 59.7 Å². The second kappa shape index (κ2) is 10.5. The molecule has 38 heavy (non-hydrogen) atoms. The number of fused-ring (bicyclic) bond motifs is 1. The van der Waals surface area contributed by atoms with Crippen molar-refractivity contribution in [2.75, 3.05) is 36.2 Å². The molecule has 3 heterocycles. The number of methoxy groups -OCH3 is 1. The number of aryl methyl sites for hydroxylation is 1. The lowest BCUT2D eigenvalue weighted by molar-refractivity contribution is 0.0564. The molecule has 2 atom stereocenters. The summed E-state index contributed by atoms with van der Waals surface area (Å²) in [5.41, 5.74) is -0.449. The number of carbonyl (C=O) groups is 1. The summed E-state index contributed by atoms with van der Waals surface area (Å²) in [7, 11) is 1.35. The van der Waals surface area contributed by atoms with Crippen LogP contribution in [0.3, 0.4) is 0 Å². The molecule has 0 spiro atoms. The molecule has 2 aromatic rings. The number of aromatic nitrogens is 2. The van der Waals surface area contributed by atoms with Gasteiger partial charge in [-0.25, -0.2) is 19.2 Å². The zero-order valence-corrected chi connectivity index (χ0v) is 23.5. The van der Waals surface area contributed by atoms with Gasteiger partial charge >= 0.3 is 6.09 Å². The van der Waals surface area contributed by atoms with Crippen molar-refractivity contribution in [1.82, 2.24) is 15.3 Å². The molecule has 1 aromatic heterocycles. The fraction of sp³-hybridized carbons (Fsp3) is 0.538. The van der Waals surface area contributed by atoms with Gasteiger partial charge in [0, 0.05) is 35.5 Å². The third kappa shape index (κ3) is 5.79. The minimum Gasteiger partial charge on any atom is -0.479 e. The molecule has 0 bridgehead atoms. The predicted octanol–water partition coefficient (Wildman–Crippen LogP) is 4.85. The Morgan fingerprint density at radius 1 is 1.26 bits per heavy atom. The molecule has 0 saturated carbocycles. The Bertz CT molecular complexity index is 1250. The van der Waals surface area contributed by atoms with E-state index in [4.69, 9.17) is 14.5 Å². The first kappa shape index (κ1) is 27.9. The minimum atomic E-state index is -1.06. The van der Waals surface area contributed by atoms with E-state index in [1.807, 2.05) is 18.7 Å². The standard InChI is InChI=1S/C26H34F2N6O3S/c1-14(2)29-17-8-9-19(27)18(10-17)26-13-34(22-30-15(3)20(28)21(31-22)36-7)11-16(26)12-38-23(33-26)32-24(35)37-25(4,5)6/h8-10,14,16,29H,11-13H2,1-7H3,(H,32,33,35). The molecule has 2 unspecified atom stereocenters. The normalized spacial score (nSPS) is 21.2. The average Bonchev–Trinajstić information content (AvgIpc) is 3.20. The Morgan fingerprint density at radius 2 is 2.00 bits per heavy atom. The second-order valence-electron chi connectivity index (χ2n) is 10.8. The molecule has 2 aliphatic heterocycles. The van der Waals surface area contributed by atoms with Gasteiger partial charge in [-0.3, -0.25) is 5.32 Å². The smallest absolute Gasteiger partial charge is 0.413 e. The molecule has 4 rings (SSSR count). The molecular weight excluding hydrogens is 514 g/mol. The van der Waals surface area contributed by atoms with E-state index in [9.17, 15) is 9.18 Å². The fourth-order valence-electron chi connectivity index (χ4n) is 4.66. The number of ether oxygens (including phenoxy) is 2. The van der Waals surface area contributed by atoms with E-state index < -0.39 is 28.9 Å². The van der Waals surface area contributed by atoms with E-state index in [0.29, 0.717) is 23.0 Å². The molecule has 1 amide bonds. The van der Waals surface area contributed by atoms with Crippen LogP contribution in [-0.4, -0.2) is 58.8 Å². The molecule has 1 saturated heterocycles. The molecular formula is C26H34F2N6O3S. The molecule has 2 aliphatic rings. The number of halogens is 2. The molecule has 206 valence electrons. The second-order valence-corrected chi connectivity index (χ2v) is 11.8. The lowest BCUT2D eigenvalue weighted by Crippen LogP contribution is -2.44. The number of rotatable bonds is 5. The molecule has 1 aromatic carbocycles. The van der Waals surface area contributed by atoms with Gasteiger partial charge in [0.15, 0.2) is 5.17 Å². The summed E-state index contributed by atoms with van der Waals surface area (Å²) in [5.74, 6) is -0.528. The highest BCUT2D eigenvalue weighted by molar-refractivity contribution is 8.13.